The largest absolute Gasteiger partial charge is 0.493 e. The summed E-state index contributed by atoms with van der Waals surface area (Å²) in [5.41, 5.74) is 4.28. The number of ether oxygens (including phenoxy) is 2. The lowest BCUT2D eigenvalue weighted by molar-refractivity contribution is 0.355. The van der Waals surface area contributed by atoms with Crippen molar-refractivity contribution in [3.63, 3.8) is 0 Å². The predicted molar refractivity (Wildman–Crippen MR) is 146 cm³/mol. The number of hydrogen-bond acceptors (Lipinski definition) is 8. The van der Waals surface area contributed by atoms with Crippen LogP contribution in [0, 0.1) is 13.8 Å². The number of sulfonamides is 1. The Balaban J connectivity index is 1.27. The van der Waals surface area contributed by atoms with Gasteiger partial charge in [-0.1, -0.05) is 29.4 Å². The maximum absolute atomic E-state index is 12.9. The van der Waals surface area contributed by atoms with Crippen LogP contribution in [0.4, 0.5) is 5.69 Å². The number of anilines is 1. The Labute approximate surface area is 226 Å². The molecule has 200 valence electrons. The molecule has 2 aromatic heterocycles. The van der Waals surface area contributed by atoms with E-state index < -0.39 is 10.0 Å². The van der Waals surface area contributed by atoms with E-state index in [2.05, 4.69) is 19.8 Å². The zero-order valence-corrected chi connectivity index (χ0v) is 22.7. The van der Waals surface area contributed by atoms with Crippen molar-refractivity contribution >= 4 is 15.7 Å². The number of methoxy groups -OCH3 is 2. The molecular weight excluding hydrogens is 518 g/mol. The van der Waals surface area contributed by atoms with Gasteiger partial charge in [-0.05, 0) is 66.9 Å². The van der Waals surface area contributed by atoms with E-state index in [9.17, 15) is 8.42 Å². The van der Waals surface area contributed by atoms with Crippen molar-refractivity contribution in [2.45, 2.75) is 25.3 Å². The van der Waals surface area contributed by atoms with E-state index >= 15 is 0 Å². The lowest BCUT2D eigenvalue weighted by Crippen LogP contribution is -2.14. The van der Waals surface area contributed by atoms with E-state index in [1.165, 1.54) is 0 Å². The summed E-state index contributed by atoms with van der Waals surface area (Å²) in [6, 6.07) is 17.9. The van der Waals surface area contributed by atoms with E-state index in [1.54, 1.807) is 63.9 Å². The summed E-state index contributed by atoms with van der Waals surface area (Å²) in [4.78, 5) is 9.14. The minimum atomic E-state index is -3.69. The number of nitrogens with zero attached hydrogens (tertiary/aromatic N) is 4. The number of aryl methyl sites for hydroxylation is 2. The van der Waals surface area contributed by atoms with Gasteiger partial charge in [-0.25, -0.2) is 13.4 Å². The molecule has 2 heterocycles. The number of hydrogen-bond donors (Lipinski definition) is 1. The van der Waals surface area contributed by atoms with Crippen molar-refractivity contribution in [3.05, 3.63) is 89.9 Å². The van der Waals surface area contributed by atoms with E-state index in [0.29, 0.717) is 40.8 Å². The maximum atomic E-state index is 12.9. The van der Waals surface area contributed by atoms with Crippen LogP contribution in [0.5, 0.6) is 11.5 Å². The standard InChI is InChI=1S/C28H27N5O5S/c1-18-5-6-19(2)26(13-18)39(34,35)32-22-10-7-20(8-11-22)15-33-16-23(29-17-33)28-30-27(31-38-28)21-9-12-24(36-3)25(14-21)37-4/h5-14,16-17,32H,15H2,1-4H3. The van der Waals surface area contributed by atoms with Crippen molar-refractivity contribution < 1.29 is 22.4 Å². The Morgan fingerprint density at radius 1 is 0.949 bits per heavy atom. The number of aromatic nitrogens is 4. The normalized spacial score (nSPS) is 11.4. The first kappa shape index (κ1) is 26.0. The van der Waals surface area contributed by atoms with Crippen molar-refractivity contribution in [1.29, 1.82) is 0 Å². The van der Waals surface area contributed by atoms with E-state index in [4.69, 9.17) is 14.0 Å². The second-order valence-corrected chi connectivity index (χ2v) is 10.6. The Kier molecular flexibility index (Phi) is 7.07. The quantitative estimate of drug-likeness (QED) is 0.272. The highest BCUT2D eigenvalue weighted by molar-refractivity contribution is 7.92. The SMILES string of the molecule is COc1ccc(-c2noc(-c3cn(Cc4ccc(NS(=O)(=O)c5cc(C)ccc5C)cc4)cn3)n2)cc1OC. The molecule has 39 heavy (non-hydrogen) atoms. The fraction of sp³-hybridized carbons (Fsp3) is 0.179. The maximum Gasteiger partial charge on any atom is 0.278 e. The molecule has 0 fully saturated rings. The molecule has 0 aliphatic carbocycles. The Bertz CT molecular complexity index is 1730. The first-order chi connectivity index (χ1) is 18.8. The summed E-state index contributed by atoms with van der Waals surface area (Å²) in [6.07, 6.45) is 3.48. The third-order valence-electron chi connectivity index (χ3n) is 6.12. The monoisotopic (exact) mass is 545 g/mol. The number of nitrogens with one attached hydrogen (secondary N) is 1. The highest BCUT2D eigenvalue weighted by Crippen LogP contribution is 2.32. The molecule has 0 aliphatic rings. The molecule has 5 aromatic rings. The Morgan fingerprint density at radius 2 is 1.72 bits per heavy atom. The first-order valence-electron chi connectivity index (χ1n) is 12.0. The summed E-state index contributed by atoms with van der Waals surface area (Å²) in [5, 5.41) is 4.07. The lowest BCUT2D eigenvalue weighted by Gasteiger charge is -2.12. The van der Waals surface area contributed by atoms with Gasteiger partial charge in [0.25, 0.3) is 15.9 Å². The molecule has 0 saturated heterocycles. The minimum absolute atomic E-state index is 0.271. The number of rotatable bonds is 9. The number of imidazole rings is 1. The van der Waals surface area contributed by atoms with Crippen LogP contribution in [0.2, 0.25) is 0 Å². The van der Waals surface area contributed by atoms with Crippen LogP contribution in [0.1, 0.15) is 16.7 Å². The Hall–Kier alpha value is -4.64. The molecule has 10 nitrogen and oxygen atoms in total. The van der Waals surface area contributed by atoms with Crippen LogP contribution in [0.25, 0.3) is 23.0 Å². The van der Waals surface area contributed by atoms with Gasteiger partial charge in [0.2, 0.25) is 5.82 Å². The molecule has 0 unspecified atom stereocenters. The van der Waals surface area contributed by atoms with E-state index in [1.807, 2.05) is 42.0 Å². The summed E-state index contributed by atoms with van der Waals surface area (Å²) < 4.78 is 46.4. The van der Waals surface area contributed by atoms with Gasteiger partial charge in [0.05, 0.1) is 25.4 Å². The highest BCUT2D eigenvalue weighted by atomic mass is 32.2. The predicted octanol–water partition coefficient (Wildman–Crippen LogP) is 5.08. The fourth-order valence-corrected chi connectivity index (χ4v) is 5.46. The molecule has 0 atom stereocenters. The van der Waals surface area contributed by atoms with Crippen LogP contribution in [0.15, 0.2) is 82.6 Å². The second-order valence-electron chi connectivity index (χ2n) is 9.00. The van der Waals surface area contributed by atoms with Gasteiger partial charge in [0.15, 0.2) is 11.5 Å². The summed E-state index contributed by atoms with van der Waals surface area (Å²) in [7, 11) is -0.556. The van der Waals surface area contributed by atoms with Gasteiger partial charge in [-0.3, -0.25) is 4.72 Å². The molecule has 0 amide bonds. The van der Waals surface area contributed by atoms with Crippen molar-refractivity contribution in [2.24, 2.45) is 0 Å². The third kappa shape index (κ3) is 5.63. The van der Waals surface area contributed by atoms with E-state index in [-0.39, 0.29) is 10.8 Å². The zero-order valence-electron chi connectivity index (χ0n) is 21.9. The topological polar surface area (TPSA) is 121 Å². The van der Waals surface area contributed by atoms with Crippen molar-refractivity contribution in [3.8, 4) is 34.5 Å². The molecule has 0 aliphatic heterocycles. The molecule has 1 N–H and O–H groups in total. The third-order valence-corrected chi connectivity index (χ3v) is 7.65. The van der Waals surface area contributed by atoms with Gasteiger partial charge < -0.3 is 18.6 Å². The van der Waals surface area contributed by atoms with Crippen LogP contribution in [0.3, 0.4) is 0 Å². The molecule has 0 bridgehead atoms. The highest BCUT2D eigenvalue weighted by Gasteiger charge is 2.18. The molecule has 0 saturated carbocycles. The molecule has 5 rings (SSSR count). The van der Waals surface area contributed by atoms with Crippen LogP contribution >= 0.6 is 0 Å². The van der Waals surface area contributed by atoms with Gasteiger partial charge in [0, 0.05) is 24.0 Å². The molecule has 0 spiro atoms. The average molecular weight is 546 g/mol. The average Bonchev–Trinajstić information content (AvgIpc) is 3.60. The molecule has 0 radical (unpaired) electrons. The lowest BCUT2D eigenvalue weighted by atomic mass is 10.2. The summed E-state index contributed by atoms with van der Waals surface area (Å²) in [5.74, 6) is 1.86. The summed E-state index contributed by atoms with van der Waals surface area (Å²) >= 11 is 0. The van der Waals surface area contributed by atoms with Crippen LogP contribution in [-0.4, -0.2) is 42.3 Å². The zero-order chi connectivity index (χ0) is 27.6. The smallest absolute Gasteiger partial charge is 0.278 e. The van der Waals surface area contributed by atoms with Crippen LogP contribution < -0.4 is 14.2 Å². The van der Waals surface area contributed by atoms with Gasteiger partial charge in [0.1, 0.15) is 5.69 Å². The summed E-state index contributed by atoms with van der Waals surface area (Å²) in [6.45, 7) is 4.17. The number of benzene rings is 3. The molecule has 3 aromatic carbocycles. The minimum Gasteiger partial charge on any atom is -0.493 e. The second kappa shape index (κ2) is 10.6. The van der Waals surface area contributed by atoms with Gasteiger partial charge in [-0.15, -0.1) is 0 Å². The first-order valence-corrected chi connectivity index (χ1v) is 13.5. The van der Waals surface area contributed by atoms with Gasteiger partial charge in [-0.2, -0.15) is 4.98 Å². The molecule has 11 heteroatoms. The van der Waals surface area contributed by atoms with E-state index in [0.717, 1.165) is 16.7 Å². The van der Waals surface area contributed by atoms with Crippen molar-refractivity contribution in [2.75, 3.05) is 18.9 Å². The van der Waals surface area contributed by atoms with Gasteiger partial charge >= 0.3 is 0 Å². The molecular formula is C28H27N5O5S. The van der Waals surface area contributed by atoms with Crippen LogP contribution in [-0.2, 0) is 16.6 Å². The Morgan fingerprint density at radius 3 is 2.46 bits per heavy atom. The van der Waals surface area contributed by atoms with Crippen molar-refractivity contribution in [1.82, 2.24) is 19.7 Å². The fourth-order valence-electron chi connectivity index (χ4n) is 4.07.